The van der Waals surface area contributed by atoms with Gasteiger partial charge in [-0.1, -0.05) is 12.1 Å². The number of sulfonamides is 1. The van der Waals surface area contributed by atoms with Gasteiger partial charge in [0, 0.05) is 38.7 Å². The summed E-state index contributed by atoms with van der Waals surface area (Å²) in [6.45, 7) is 1.59. The van der Waals surface area contributed by atoms with Crippen LogP contribution in [0.5, 0.6) is 0 Å². The van der Waals surface area contributed by atoms with Crippen LogP contribution in [0.2, 0.25) is 0 Å². The van der Waals surface area contributed by atoms with E-state index in [2.05, 4.69) is 5.32 Å². The standard InChI is InChI=1S/C15H22N4O5S/c1-16-8-4-7-15(20)17-9-11-18(12-10-17)25(23,24)14-6-3-2-5-13(14)19(21)22/h2-3,5-6,16H,4,7-12H2,1H3. The number of amides is 1. The molecule has 2 rings (SSSR count). The topological polar surface area (TPSA) is 113 Å². The molecule has 1 amide bonds. The summed E-state index contributed by atoms with van der Waals surface area (Å²) in [4.78, 5) is 23.8. The average molecular weight is 370 g/mol. The highest BCUT2D eigenvalue weighted by molar-refractivity contribution is 7.89. The van der Waals surface area contributed by atoms with Crippen molar-refractivity contribution in [2.45, 2.75) is 17.7 Å². The van der Waals surface area contributed by atoms with E-state index in [0.29, 0.717) is 6.42 Å². The highest BCUT2D eigenvalue weighted by atomic mass is 32.2. The van der Waals surface area contributed by atoms with Crippen LogP contribution in [0.1, 0.15) is 12.8 Å². The Hall–Kier alpha value is -2.04. The minimum absolute atomic E-state index is 0.00186. The third-order valence-corrected chi connectivity index (χ3v) is 6.03. The fourth-order valence-corrected chi connectivity index (χ4v) is 4.30. The Morgan fingerprint density at radius 1 is 1.24 bits per heavy atom. The third-order valence-electron chi connectivity index (χ3n) is 4.09. The van der Waals surface area contributed by atoms with Crippen LogP contribution in [0.3, 0.4) is 0 Å². The normalized spacial score (nSPS) is 16.0. The number of para-hydroxylation sites is 1. The van der Waals surface area contributed by atoms with E-state index < -0.39 is 20.6 Å². The van der Waals surface area contributed by atoms with Crippen molar-refractivity contribution in [2.75, 3.05) is 39.8 Å². The molecule has 1 aliphatic heterocycles. The zero-order valence-corrected chi connectivity index (χ0v) is 14.9. The second kappa shape index (κ2) is 8.37. The SMILES string of the molecule is CNCCCC(=O)N1CCN(S(=O)(=O)c2ccccc2[N+](=O)[O-])CC1. The monoisotopic (exact) mass is 370 g/mol. The van der Waals surface area contributed by atoms with Gasteiger partial charge in [0.15, 0.2) is 4.90 Å². The molecule has 138 valence electrons. The Morgan fingerprint density at radius 2 is 1.88 bits per heavy atom. The Labute approximate surface area is 146 Å². The molecule has 1 fully saturated rings. The van der Waals surface area contributed by atoms with Crippen molar-refractivity contribution in [3.63, 3.8) is 0 Å². The molecular weight excluding hydrogens is 348 g/mol. The predicted molar refractivity (Wildman–Crippen MR) is 91.6 cm³/mol. The highest BCUT2D eigenvalue weighted by Gasteiger charge is 2.34. The van der Waals surface area contributed by atoms with Crippen molar-refractivity contribution in [3.05, 3.63) is 34.4 Å². The van der Waals surface area contributed by atoms with Crippen LogP contribution >= 0.6 is 0 Å². The number of nitrogens with zero attached hydrogens (tertiary/aromatic N) is 3. The molecule has 10 heteroatoms. The summed E-state index contributed by atoms with van der Waals surface area (Å²) in [5.41, 5.74) is -0.437. The molecule has 9 nitrogen and oxygen atoms in total. The first-order valence-corrected chi connectivity index (χ1v) is 9.48. The fraction of sp³-hybridized carbons (Fsp3) is 0.533. The number of nitrogens with one attached hydrogen (secondary N) is 1. The van der Waals surface area contributed by atoms with Gasteiger partial charge in [-0.3, -0.25) is 14.9 Å². The van der Waals surface area contributed by atoms with Gasteiger partial charge in [-0.15, -0.1) is 0 Å². The maximum atomic E-state index is 12.7. The fourth-order valence-electron chi connectivity index (χ4n) is 2.72. The summed E-state index contributed by atoms with van der Waals surface area (Å²) in [5, 5.41) is 14.1. The summed E-state index contributed by atoms with van der Waals surface area (Å²) in [7, 11) is -2.15. The van der Waals surface area contributed by atoms with Crippen LogP contribution in [0, 0.1) is 10.1 Å². The largest absolute Gasteiger partial charge is 0.340 e. The van der Waals surface area contributed by atoms with Gasteiger partial charge in [0.2, 0.25) is 15.9 Å². The minimum atomic E-state index is -3.96. The molecule has 0 spiro atoms. The number of benzene rings is 1. The van der Waals surface area contributed by atoms with E-state index in [4.69, 9.17) is 0 Å². The van der Waals surface area contributed by atoms with Gasteiger partial charge < -0.3 is 10.2 Å². The Kier molecular flexibility index (Phi) is 6.45. The number of carbonyl (C=O) groups is 1. The predicted octanol–water partition coefficient (Wildman–Crippen LogP) is 0.427. The number of nitro groups is 1. The van der Waals surface area contributed by atoms with Crippen LogP contribution in [0.25, 0.3) is 0 Å². The molecule has 0 unspecified atom stereocenters. The Balaban J connectivity index is 2.05. The first kappa shape index (κ1) is 19.3. The molecule has 1 heterocycles. The summed E-state index contributed by atoms with van der Waals surface area (Å²) in [5.74, 6) is -0.00186. The number of piperazine rings is 1. The molecule has 0 radical (unpaired) electrons. The molecule has 1 aliphatic rings. The maximum absolute atomic E-state index is 12.7. The van der Waals surface area contributed by atoms with Gasteiger partial charge in [-0.05, 0) is 26.1 Å². The molecule has 1 aromatic carbocycles. The van der Waals surface area contributed by atoms with Crippen molar-refractivity contribution in [3.8, 4) is 0 Å². The van der Waals surface area contributed by atoms with Gasteiger partial charge in [0.05, 0.1) is 4.92 Å². The maximum Gasteiger partial charge on any atom is 0.289 e. The van der Waals surface area contributed by atoms with Crippen LogP contribution in [0.4, 0.5) is 5.69 Å². The minimum Gasteiger partial charge on any atom is -0.340 e. The average Bonchev–Trinajstić information content (AvgIpc) is 2.62. The number of hydrogen-bond donors (Lipinski definition) is 1. The number of nitro benzene ring substituents is 1. The molecule has 1 aromatic rings. The van der Waals surface area contributed by atoms with Crippen LogP contribution < -0.4 is 5.32 Å². The smallest absolute Gasteiger partial charge is 0.289 e. The lowest BCUT2D eigenvalue weighted by atomic mass is 10.2. The van der Waals surface area contributed by atoms with Crippen LogP contribution in [-0.4, -0.2) is 68.2 Å². The number of hydrogen-bond acceptors (Lipinski definition) is 6. The van der Waals surface area contributed by atoms with Crippen molar-refractivity contribution < 1.29 is 18.1 Å². The number of carbonyl (C=O) groups excluding carboxylic acids is 1. The summed E-state index contributed by atoms with van der Waals surface area (Å²) < 4.78 is 26.6. The first-order chi connectivity index (χ1) is 11.9. The zero-order chi connectivity index (χ0) is 18.4. The van der Waals surface area contributed by atoms with Crippen molar-refractivity contribution in [2.24, 2.45) is 0 Å². The van der Waals surface area contributed by atoms with E-state index in [9.17, 15) is 23.3 Å². The molecule has 0 atom stereocenters. The van der Waals surface area contributed by atoms with E-state index in [0.717, 1.165) is 13.0 Å². The van der Waals surface area contributed by atoms with Crippen molar-refractivity contribution in [1.82, 2.24) is 14.5 Å². The Bertz CT molecular complexity index is 729. The van der Waals surface area contributed by atoms with E-state index >= 15 is 0 Å². The van der Waals surface area contributed by atoms with Gasteiger partial charge in [0.25, 0.3) is 5.69 Å². The first-order valence-electron chi connectivity index (χ1n) is 8.04. The summed E-state index contributed by atoms with van der Waals surface area (Å²) in [6.07, 6.45) is 1.14. The summed E-state index contributed by atoms with van der Waals surface area (Å²) in [6, 6.07) is 5.30. The second-order valence-corrected chi connectivity index (χ2v) is 7.62. The van der Waals surface area contributed by atoms with Crippen LogP contribution in [0.15, 0.2) is 29.2 Å². The molecule has 1 N–H and O–H groups in total. The lowest BCUT2D eigenvalue weighted by Gasteiger charge is -2.34. The molecule has 0 bridgehead atoms. The van der Waals surface area contributed by atoms with E-state index in [1.54, 1.807) is 4.90 Å². The zero-order valence-electron chi connectivity index (χ0n) is 14.1. The molecule has 25 heavy (non-hydrogen) atoms. The summed E-state index contributed by atoms with van der Waals surface area (Å²) >= 11 is 0. The quantitative estimate of drug-likeness (QED) is 0.423. The van der Waals surface area contributed by atoms with Gasteiger partial charge in [-0.2, -0.15) is 4.31 Å². The van der Waals surface area contributed by atoms with Gasteiger partial charge in [-0.25, -0.2) is 8.42 Å². The lowest BCUT2D eigenvalue weighted by molar-refractivity contribution is -0.387. The van der Waals surface area contributed by atoms with E-state index in [1.807, 2.05) is 7.05 Å². The van der Waals surface area contributed by atoms with Gasteiger partial charge in [0.1, 0.15) is 0 Å². The molecule has 1 saturated heterocycles. The van der Waals surface area contributed by atoms with E-state index in [1.165, 1.54) is 28.6 Å². The molecular formula is C15H22N4O5S. The van der Waals surface area contributed by atoms with Gasteiger partial charge >= 0.3 is 0 Å². The van der Waals surface area contributed by atoms with Crippen molar-refractivity contribution in [1.29, 1.82) is 0 Å². The van der Waals surface area contributed by atoms with E-state index in [-0.39, 0.29) is 37.0 Å². The molecule has 0 saturated carbocycles. The molecule has 0 aromatic heterocycles. The second-order valence-electron chi connectivity index (χ2n) is 5.72. The Morgan fingerprint density at radius 3 is 2.48 bits per heavy atom. The third kappa shape index (κ3) is 4.53. The lowest BCUT2D eigenvalue weighted by Crippen LogP contribution is -2.50. The number of rotatable bonds is 7. The van der Waals surface area contributed by atoms with Crippen molar-refractivity contribution >= 4 is 21.6 Å². The molecule has 0 aliphatic carbocycles. The highest BCUT2D eigenvalue weighted by Crippen LogP contribution is 2.26. The van der Waals surface area contributed by atoms with Crippen LogP contribution in [-0.2, 0) is 14.8 Å².